The lowest BCUT2D eigenvalue weighted by Gasteiger charge is -2.42. The van der Waals surface area contributed by atoms with Crippen molar-refractivity contribution >= 4 is 5.97 Å². The third kappa shape index (κ3) is 4.29. The first kappa shape index (κ1) is 22.1. The summed E-state index contributed by atoms with van der Waals surface area (Å²) in [5.41, 5.74) is -0.691. The lowest BCUT2D eigenvalue weighted by atomic mass is 9.84. The second-order valence-electron chi connectivity index (χ2n) is 7.18. The van der Waals surface area contributed by atoms with Crippen molar-refractivity contribution in [3.8, 4) is 0 Å². The van der Waals surface area contributed by atoms with Gasteiger partial charge in [-0.3, -0.25) is 0 Å². The van der Waals surface area contributed by atoms with E-state index < -0.39 is 11.6 Å². The molecule has 27 heavy (non-hydrogen) atoms. The van der Waals surface area contributed by atoms with Gasteiger partial charge in [-0.1, -0.05) is 60.7 Å². The maximum atomic E-state index is 13.1. The maximum Gasteiger partial charge on any atom is 0.348 e. The molecule has 3 aliphatic rings. The molecule has 2 aromatic rings. The van der Waals surface area contributed by atoms with Crippen LogP contribution >= 0.6 is 0 Å². The molecule has 2 bridgehead atoms. The molecule has 0 saturated carbocycles. The summed E-state index contributed by atoms with van der Waals surface area (Å²) in [4.78, 5) is 14.6. The number of carbonyl (C=O) groups is 1. The third-order valence-electron chi connectivity index (χ3n) is 5.69. The molecule has 5 rings (SSSR count). The standard InChI is InChI=1S/C21H23NO3.2BrH/c23-20(25-19-15-22-13-11-16(19)12-14-22)21(24,17-7-3-1-4-8-17)18-9-5-2-6-10-18;;/h1-10,16,19,24H,11-15H2;2*1H/p-1. The number of carbonyl (C=O) groups excluding carboxylic acids is 1. The number of halogens is 2. The molecule has 2 N–H and O–H groups in total. The van der Waals surface area contributed by atoms with Gasteiger partial charge in [0.15, 0.2) is 6.10 Å². The summed E-state index contributed by atoms with van der Waals surface area (Å²) in [7, 11) is 0. The van der Waals surface area contributed by atoms with Gasteiger partial charge in [-0.15, -0.1) is 0 Å². The average Bonchev–Trinajstić information content (AvgIpc) is 2.69. The molecule has 0 aliphatic carbocycles. The average molecular weight is 498 g/mol. The Morgan fingerprint density at radius 1 is 0.926 bits per heavy atom. The Morgan fingerprint density at radius 2 is 1.41 bits per heavy atom. The van der Waals surface area contributed by atoms with Gasteiger partial charge >= 0.3 is 5.97 Å². The Kier molecular flexibility index (Phi) is 7.63. The van der Waals surface area contributed by atoms with Crippen LogP contribution < -0.4 is 38.9 Å². The van der Waals surface area contributed by atoms with E-state index in [9.17, 15) is 9.90 Å². The van der Waals surface area contributed by atoms with Crippen LogP contribution in [0.1, 0.15) is 24.0 Å². The fourth-order valence-corrected chi connectivity index (χ4v) is 4.20. The van der Waals surface area contributed by atoms with Crippen molar-refractivity contribution in [2.75, 3.05) is 19.6 Å². The molecule has 3 aliphatic heterocycles. The van der Waals surface area contributed by atoms with Crippen LogP contribution in [0.15, 0.2) is 60.7 Å². The largest absolute Gasteiger partial charge is 1.00 e. The monoisotopic (exact) mass is 496 g/mol. The minimum Gasteiger partial charge on any atom is -1.00 e. The highest BCUT2D eigenvalue weighted by atomic mass is 79.9. The van der Waals surface area contributed by atoms with E-state index in [1.54, 1.807) is 24.3 Å². The highest BCUT2D eigenvalue weighted by Crippen LogP contribution is 2.33. The molecule has 0 radical (unpaired) electrons. The molecule has 1 unspecified atom stereocenters. The molecule has 1 atom stereocenters. The van der Waals surface area contributed by atoms with Crippen molar-refractivity contribution in [2.45, 2.75) is 24.5 Å². The molecule has 6 heteroatoms. The number of esters is 1. The van der Waals surface area contributed by atoms with Crippen LogP contribution in [-0.4, -0.2) is 36.8 Å². The minimum atomic E-state index is -1.77. The van der Waals surface area contributed by atoms with Gasteiger partial charge in [0, 0.05) is 18.8 Å². The van der Waals surface area contributed by atoms with Crippen molar-refractivity contribution in [3.05, 3.63) is 71.8 Å². The second kappa shape index (κ2) is 9.32. The van der Waals surface area contributed by atoms with Crippen molar-refractivity contribution in [2.24, 2.45) is 5.92 Å². The molecule has 0 amide bonds. The number of nitrogens with one attached hydrogen (secondary N) is 1. The molecule has 0 aromatic heterocycles. The van der Waals surface area contributed by atoms with Gasteiger partial charge in [0.25, 0.3) is 0 Å². The first-order chi connectivity index (χ1) is 12.2. The lowest BCUT2D eigenvalue weighted by molar-refractivity contribution is -0.920. The van der Waals surface area contributed by atoms with E-state index >= 15 is 0 Å². The first-order valence-corrected chi connectivity index (χ1v) is 9.06. The van der Waals surface area contributed by atoms with E-state index in [-0.39, 0.29) is 40.1 Å². The van der Waals surface area contributed by atoms with Crippen LogP contribution in [0.3, 0.4) is 0 Å². The van der Waals surface area contributed by atoms with E-state index in [1.807, 2.05) is 36.4 Å². The Labute approximate surface area is 181 Å². The van der Waals surface area contributed by atoms with Gasteiger partial charge in [0.1, 0.15) is 6.54 Å². The number of fused-ring (bicyclic) bond motifs is 3. The van der Waals surface area contributed by atoms with Crippen LogP contribution in [0.2, 0.25) is 0 Å². The number of rotatable bonds is 4. The highest BCUT2D eigenvalue weighted by molar-refractivity contribution is 5.85. The number of quaternary nitrogens is 1. The van der Waals surface area contributed by atoms with Crippen molar-refractivity contribution in [3.63, 3.8) is 0 Å². The summed E-state index contributed by atoms with van der Waals surface area (Å²) in [6, 6.07) is 18.2. The first-order valence-electron chi connectivity index (χ1n) is 9.06. The van der Waals surface area contributed by atoms with Crippen LogP contribution in [0.4, 0.5) is 0 Å². The van der Waals surface area contributed by atoms with Crippen molar-refractivity contribution in [1.82, 2.24) is 0 Å². The van der Waals surface area contributed by atoms with E-state index in [2.05, 4.69) is 0 Å². The minimum absolute atomic E-state index is 0. The van der Waals surface area contributed by atoms with Crippen LogP contribution in [0, 0.1) is 5.92 Å². The van der Waals surface area contributed by atoms with E-state index in [0.717, 1.165) is 19.4 Å². The van der Waals surface area contributed by atoms with Crippen LogP contribution in [-0.2, 0) is 15.1 Å². The Balaban J connectivity index is 0.00000131. The van der Waals surface area contributed by atoms with Gasteiger partial charge in [0.2, 0.25) is 5.60 Å². The number of hydrogen-bond donors (Lipinski definition) is 2. The fraction of sp³-hybridized carbons (Fsp3) is 0.381. The molecule has 4 nitrogen and oxygen atoms in total. The van der Waals surface area contributed by atoms with Crippen LogP contribution in [0.25, 0.3) is 0 Å². The number of aliphatic hydroxyl groups is 1. The summed E-state index contributed by atoms with van der Waals surface area (Å²) >= 11 is 0. The zero-order valence-corrected chi connectivity index (χ0v) is 18.2. The number of benzene rings is 2. The van der Waals surface area contributed by atoms with Gasteiger partial charge < -0.3 is 48.7 Å². The Morgan fingerprint density at radius 3 is 1.81 bits per heavy atom. The summed E-state index contributed by atoms with van der Waals surface area (Å²) in [6.45, 7) is 3.19. The van der Waals surface area contributed by atoms with E-state index in [1.165, 1.54) is 18.0 Å². The Hall–Kier alpha value is -1.21. The summed E-state index contributed by atoms with van der Waals surface area (Å²) < 4.78 is 5.89. The molecule has 0 spiro atoms. The van der Waals surface area contributed by atoms with E-state index in [4.69, 9.17) is 4.74 Å². The van der Waals surface area contributed by atoms with Crippen molar-refractivity contribution in [1.29, 1.82) is 0 Å². The molecular weight excluding hydrogens is 474 g/mol. The normalized spacial score (nSPS) is 23.7. The zero-order valence-electron chi connectivity index (χ0n) is 15.0. The number of ether oxygens (including phenoxy) is 1. The molecule has 3 heterocycles. The van der Waals surface area contributed by atoms with Crippen molar-refractivity contribution < 1.29 is 53.5 Å². The quantitative estimate of drug-likeness (QED) is 0.417. The predicted molar refractivity (Wildman–Crippen MR) is 94.1 cm³/mol. The molecule has 3 saturated heterocycles. The summed E-state index contributed by atoms with van der Waals surface area (Å²) in [5, 5.41) is 11.4. The molecule has 2 aromatic carbocycles. The van der Waals surface area contributed by atoms with Gasteiger partial charge in [-0.2, -0.15) is 0 Å². The second-order valence-corrected chi connectivity index (χ2v) is 7.18. The number of hydrogen-bond acceptors (Lipinski definition) is 3. The third-order valence-corrected chi connectivity index (χ3v) is 5.69. The van der Waals surface area contributed by atoms with E-state index in [0.29, 0.717) is 17.0 Å². The fourth-order valence-electron chi connectivity index (χ4n) is 4.20. The Bertz CT molecular complexity index is 694. The highest BCUT2D eigenvalue weighted by Gasteiger charge is 2.46. The van der Waals surface area contributed by atoms with Crippen LogP contribution in [0.5, 0.6) is 0 Å². The number of piperidine rings is 3. The van der Waals surface area contributed by atoms with Gasteiger partial charge in [-0.25, -0.2) is 4.79 Å². The van der Waals surface area contributed by atoms with Gasteiger partial charge in [0.05, 0.1) is 13.1 Å². The lowest BCUT2D eigenvalue weighted by Crippen LogP contribution is -3.16. The summed E-state index contributed by atoms with van der Waals surface area (Å²) in [5.74, 6) is -0.139. The smallest absolute Gasteiger partial charge is 0.348 e. The topological polar surface area (TPSA) is 51.0 Å². The zero-order chi connectivity index (χ0) is 17.3. The van der Waals surface area contributed by atoms with Gasteiger partial charge in [-0.05, 0) is 11.1 Å². The SMILES string of the molecule is O=C(OC1C[NH+]2CCC1CC2)C(O)(c1ccccc1)c1ccccc1.[Br-].[Br-]. The molecular formula is C21H24Br2NO3-. The molecule has 3 fully saturated rings. The molecule has 146 valence electrons. The summed E-state index contributed by atoms with van der Waals surface area (Å²) in [6.07, 6.45) is 2.11. The predicted octanol–water partition coefficient (Wildman–Crippen LogP) is -4.85. The maximum absolute atomic E-state index is 13.1.